The first-order chi connectivity index (χ1) is 14.4. The summed E-state index contributed by atoms with van der Waals surface area (Å²) >= 11 is 13.4. The quantitative estimate of drug-likeness (QED) is 0.359. The Morgan fingerprint density at radius 2 is 1.77 bits per heavy atom. The molecule has 0 saturated heterocycles. The van der Waals surface area contributed by atoms with E-state index in [1.807, 2.05) is 31.2 Å². The topological polar surface area (TPSA) is 86.9 Å². The van der Waals surface area contributed by atoms with Crippen molar-refractivity contribution in [3.05, 3.63) is 74.6 Å². The van der Waals surface area contributed by atoms with E-state index in [2.05, 4.69) is 20.8 Å². The van der Waals surface area contributed by atoms with Gasteiger partial charge in [0.15, 0.2) is 0 Å². The van der Waals surface area contributed by atoms with Crippen molar-refractivity contribution >= 4 is 68.1 Å². The van der Waals surface area contributed by atoms with Gasteiger partial charge in [-0.1, -0.05) is 59.1 Å². The number of hydrogen-bond donors (Lipinski definition) is 3. The predicted molar refractivity (Wildman–Crippen MR) is 122 cm³/mol. The van der Waals surface area contributed by atoms with Gasteiger partial charge >= 0.3 is 0 Å². The van der Waals surface area contributed by atoms with Crippen molar-refractivity contribution in [2.75, 3.05) is 10.6 Å². The summed E-state index contributed by atoms with van der Waals surface area (Å²) in [5.41, 5.74) is 2.40. The van der Waals surface area contributed by atoms with Crippen molar-refractivity contribution in [1.29, 1.82) is 0 Å². The minimum absolute atomic E-state index is 0.176. The largest absolute Gasteiger partial charge is 0.319 e. The maximum Gasteiger partial charge on any atom is 0.265 e. The molecule has 0 unspecified atom stereocenters. The SMILES string of the molecule is Cc1ccc(CC(=O)Nc2[nH]nc3sc(C(=O)Nc4c(Cl)cccc4Cl)cc23)cc1. The van der Waals surface area contributed by atoms with Crippen LogP contribution in [0.1, 0.15) is 20.8 Å². The van der Waals surface area contributed by atoms with Gasteiger partial charge in [0.2, 0.25) is 5.91 Å². The van der Waals surface area contributed by atoms with E-state index in [0.717, 1.165) is 11.1 Å². The highest BCUT2D eigenvalue weighted by Gasteiger charge is 2.18. The highest BCUT2D eigenvalue weighted by molar-refractivity contribution is 7.20. The minimum atomic E-state index is -0.357. The average molecular weight is 459 g/mol. The van der Waals surface area contributed by atoms with Gasteiger partial charge in [-0.3, -0.25) is 14.7 Å². The van der Waals surface area contributed by atoms with Crippen LogP contribution in [0, 0.1) is 6.92 Å². The highest BCUT2D eigenvalue weighted by Crippen LogP contribution is 2.33. The summed E-state index contributed by atoms with van der Waals surface area (Å²) in [4.78, 5) is 26.1. The molecule has 3 N–H and O–H groups in total. The van der Waals surface area contributed by atoms with E-state index >= 15 is 0 Å². The molecule has 0 radical (unpaired) electrons. The summed E-state index contributed by atoms with van der Waals surface area (Å²) < 4.78 is 0. The fourth-order valence-electron chi connectivity index (χ4n) is 2.88. The molecule has 4 rings (SSSR count). The second-order valence-electron chi connectivity index (χ2n) is 6.69. The van der Waals surface area contributed by atoms with E-state index in [9.17, 15) is 9.59 Å². The number of anilines is 2. The molecule has 30 heavy (non-hydrogen) atoms. The first kappa shape index (κ1) is 20.4. The number of aryl methyl sites for hydroxylation is 1. The van der Waals surface area contributed by atoms with E-state index in [0.29, 0.717) is 36.6 Å². The van der Waals surface area contributed by atoms with Crippen LogP contribution >= 0.6 is 34.5 Å². The van der Waals surface area contributed by atoms with Crippen LogP contribution in [0.5, 0.6) is 0 Å². The van der Waals surface area contributed by atoms with Crippen molar-refractivity contribution in [2.45, 2.75) is 13.3 Å². The molecule has 0 atom stereocenters. The summed E-state index contributed by atoms with van der Waals surface area (Å²) in [6, 6.07) is 14.4. The van der Waals surface area contributed by atoms with E-state index in [1.165, 1.54) is 11.3 Å². The fraction of sp³-hybridized carbons (Fsp3) is 0.0952. The summed E-state index contributed by atoms with van der Waals surface area (Å²) in [5.74, 6) is -0.0810. The molecule has 0 bridgehead atoms. The Morgan fingerprint density at radius 1 is 1.07 bits per heavy atom. The van der Waals surface area contributed by atoms with Gasteiger partial charge < -0.3 is 10.6 Å². The van der Waals surface area contributed by atoms with Crippen LogP contribution in [0.15, 0.2) is 48.5 Å². The highest BCUT2D eigenvalue weighted by atomic mass is 35.5. The van der Waals surface area contributed by atoms with Gasteiger partial charge in [-0.25, -0.2) is 0 Å². The maximum absolute atomic E-state index is 12.6. The number of hydrogen-bond acceptors (Lipinski definition) is 4. The normalized spacial score (nSPS) is 10.9. The Hall–Kier alpha value is -2.87. The van der Waals surface area contributed by atoms with Crippen LogP contribution in [0.3, 0.4) is 0 Å². The second-order valence-corrected chi connectivity index (χ2v) is 8.53. The van der Waals surface area contributed by atoms with Crippen LogP contribution in [0.2, 0.25) is 10.0 Å². The third-order valence-electron chi connectivity index (χ3n) is 4.43. The number of halogens is 2. The smallest absolute Gasteiger partial charge is 0.265 e. The fourth-order valence-corrected chi connectivity index (χ4v) is 4.27. The third-order valence-corrected chi connectivity index (χ3v) is 6.08. The minimum Gasteiger partial charge on any atom is -0.319 e. The number of para-hydroxylation sites is 1. The van der Waals surface area contributed by atoms with Gasteiger partial charge in [0.25, 0.3) is 5.91 Å². The summed E-state index contributed by atoms with van der Waals surface area (Å²) in [6.07, 6.45) is 0.239. The standard InChI is InChI=1S/C21H16Cl2N4O2S/c1-11-5-7-12(8-6-11)9-17(28)24-19-13-10-16(30-21(13)27-26-19)20(29)25-18-14(22)3-2-4-15(18)23/h2-8,10H,9H2,1H3,(H,25,29)(H2,24,26,27,28). The number of aromatic amines is 1. The Labute approximate surface area is 186 Å². The van der Waals surface area contributed by atoms with Gasteiger partial charge in [-0.15, -0.1) is 11.3 Å². The summed E-state index contributed by atoms with van der Waals surface area (Å²) in [6.45, 7) is 2.00. The van der Waals surface area contributed by atoms with E-state index in [1.54, 1.807) is 24.3 Å². The van der Waals surface area contributed by atoms with Crippen LogP contribution in [0.25, 0.3) is 10.2 Å². The molecule has 2 heterocycles. The molecular formula is C21H16Cl2N4O2S. The Balaban J connectivity index is 1.50. The molecular weight excluding hydrogens is 443 g/mol. The molecule has 0 spiro atoms. The molecule has 9 heteroatoms. The number of nitrogens with zero attached hydrogens (tertiary/aromatic N) is 1. The Morgan fingerprint density at radius 3 is 2.47 bits per heavy atom. The molecule has 2 aromatic heterocycles. The third kappa shape index (κ3) is 4.33. The van der Waals surface area contributed by atoms with Gasteiger partial charge in [-0.05, 0) is 30.7 Å². The lowest BCUT2D eigenvalue weighted by atomic mass is 10.1. The zero-order valence-electron chi connectivity index (χ0n) is 15.8. The zero-order chi connectivity index (χ0) is 21.3. The van der Waals surface area contributed by atoms with Crippen molar-refractivity contribution < 1.29 is 9.59 Å². The zero-order valence-corrected chi connectivity index (χ0v) is 18.1. The summed E-state index contributed by atoms with van der Waals surface area (Å²) in [7, 11) is 0. The maximum atomic E-state index is 12.6. The molecule has 4 aromatic rings. The lowest BCUT2D eigenvalue weighted by Crippen LogP contribution is -2.15. The van der Waals surface area contributed by atoms with Gasteiger partial charge in [0.05, 0.1) is 32.4 Å². The molecule has 6 nitrogen and oxygen atoms in total. The first-order valence-corrected chi connectivity index (χ1v) is 10.6. The number of carbonyl (C=O) groups excluding carboxylic acids is 2. The molecule has 0 aliphatic heterocycles. The van der Waals surface area contributed by atoms with Crippen molar-refractivity contribution in [2.24, 2.45) is 0 Å². The molecule has 2 amide bonds. The summed E-state index contributed by atoms with van der Waals surface area (Å²) in [5, 5.41) is 13.9. The van der Waals surface area contributed by atoms with Crippen molar-refractivity contribution in [1.82, 2.24) is 10.2 Å². The number of thiophene rings is 1. The van der Waals surface area contributed by atoms with Crippen LogP contribution in [0.4, 0.5) is 11.5 Å². The number of aromatic nitrogens is 2. The van der Waals surface area contributed by atoms with Crippen molar-refractivity contribution in [3.63, 3.8) is 0 Å². The Bertz CT molecular complexity index is 1230. The van der Waals surface area contributed by atoms with Gasteiger partial charge in [0, 0.05) is 0 Å². The number of fused-ring (bicyclic) bond motifs is 1. The van der Waals surface area contributed by atoms with E-state index in [-0.39, 0.29) is 18.2 Å². The monoisotopic (exact) mass is 458 g/mol. The molecule has 0 aliphatic carbocycles. The van der Waals surface area contributed by atoms with Crippen LogP contribution in [-0.4, -0.2) is 22.0 Å². The average Bonchev–Trinajstić information content (AvgIpc) is 3.29. The molecule has 0 fully saturated rings. The number of H-pyrrole nitrogens is 1. The Kier molecular flexibility index (Phi) is 5.76. The van der Waals surface area contributed by atoms with E-state index in [4.69, 9.17) is 23.2 Å². The number of amides is 2. The number of nitrogens with one attached hydrogen (secondary N) is 3. The van der Waals surface area contributed by atoms with Crippen molar-refractivity contribution in [3.8, 4) is 0 Å². The van der Waals surface area contributed by atoms with Crippen LogP contribution in [-0.2, 0) is 11.2 Å². The molecule has 0 aliphatic rings. The predicted octanol–water partition coefficient (Wildman–Crippen LogP) is 5.67. The molecule has 0 saturated carbocycles. The first-order valence-electron chi connectivity index (χ1n) is 8.99. The number of carbonyl (C=O) groups is 2. The van der Waals surface area contributed by atoms with Gasteiger partial charge in [-0.2, -0.15) is 5.10 Å². The number of rotatable bonds is 5. The second kappa shape index (κ2) is 8.47. The van der Waals surface area contributed by atoms with Crippen LogP contribution < -0.4 is 10.6 Å². The number of benzene rings is 2. The molecule has 2 aromatic carbocycles. The van der Waals surface area contributed by atoms with Gasteiger partial charge in [0.1, 0.15) is 10.6 Å². The molecule has 152 valence electrons. The van der Waals surface area contributed by atoms with E-state index < -0.39 is 0 Å². The lowest BCUT2D eigenvalue weighted by molar-refractivity contribution is -0.115. The lowest BCUT2D eigenvalue weighted by Gasteiger charge is -2.07.